The molecule has 51 heavy (non-hydrogen) atoms. The first-order valence-electron chi connectivity index (χ1n) is 16.6. The molecular formula is C33H37N6O11P. The lowest BCUT2D eigenvalue weighted by molar-refractivity contribution is -0.152. The predicted molar refractivity (Wildman–Crippen MR) is 179 cm³/mol. The van der Waals surface area contributed by atoms with E-state index in [1.807, 2.05) is 30.3 Å². The molecule has 7 rings (SSSR count). The number of rotatable bonds is 11. The van der Waals surface area contributed by atoms with E-state index < -0.39 is 62.7 Å². The zero-order valence-electron chi connectivity index (χ0n) is 28.0. The molecule has 3 fully saturated rings. The molecule has 1 aliphatic carbocycles. The van der Waals surface area contributed by atoms with E-state index >= 15 is 0 Å². The van der Waals surface area contributed by atoms with Crippen LogP contribution in [0.15, 0.2) is 55.1 Å². The highest BCUT2D eigenvalue weighted by atomic mass is 31.2. The Morgan fingerprint density at radius 2 is 1.76 bits per heavy atom. The molecule has 2 N–H and O–H groups in total. The van der Waals surface area contributed by atoms with E-state index in [2.05, 4.69) is 30.1 Å². The molecule has 0 spiro atoms. The first-order valence-corrected chi connectivity index (χ1v) is 18.2. The quantitative estimate of drug-likeness (QED) is 0.113. The van der Waals surface area contributed by atoms with Crippen molar-refractivity contribution in [3.8, 4) is 5.75 Å². The Labute approximate surface area is 291 Å². The second-order valence-electron chi connectivity index (χ2n) is 12.5. The maximum absolute atomic E-state index is 14.8. The average molecular weight is 725 g/mol. The van der Waals surface area contributed by atoms with Crippen LogP contribution in [-0.2, 0) is 37.6 Å². The molecule has 5 unspecified atom stereocenters. The summed E-state index contributed by atoms with van der Waals surface area (Å²) >= 11 is 0. The summed E-state index contributed by atoms with van der Waals surface area (Å²) in [4.78, 5) is 50.2. The van der Waals surface area contributed by atoms with Crippen LogP contribution in [0.4, 0.5) is 15.4 Å². The van der Waals surface area contributed by atoms with Crippen LogP contribution in [0.2, 0.25) is 0 Å². The van der Waals surface area contributed by atoms with Gasteiger partial charge in [-0.3, -0.25) is 19.2 Å². The van der Waals surface area contributed by atoms with E-state index in [0.717, 1.165) is 37.5 Å². The smallest absolute Gasteiger partial charge is 0.461 e. The monoisotopic (exact) mass is 724 g/mol. The number of fused-ring (bicyclic) bond motifs is 3. The average Bonchev–Trinajstić information content (AvgIpc) is 3.82. The summed E-state index contributed by atoms with van der Waals surface area (Å²) in [7, 11) is -3.20. The molecule has 2 aromatic heterocycles. The summed E-state index contributed by atoms with van der Waals surface area (Å²) in [6.07, 6.45) is 0.0903. The Morgan fingerprint density at radius 3 is 2.57 bits per heavy atom. The van der Waals surface area contributed by atoms with Gasteiger partial charge in [-0.1, -0.05) is 42.8 Å². The number of esters is 1. The molecule has 1 amide bonds. The van der Waals surface area contributed by atoms with Crippen LogP contribution in [0.25, 0.3) is 21.9 Å². The zero-order chi connectivity index (χ0) is 35.7. The summed E-state index contributed by atoms with van der Waals surface area (Å²) in [5.41, 5.74) is 0.460. The second-order valence-corrected chi connectivity index (χ2v) is 14.1. The van der Waals surface area contributed by atoms with Gasteiger partial charge in [-0.25, -0.2) is 29.1 Å². The lowest BCUT2D eigenvalue weighted by Crippen LogP contribution is -2.41. The van der Waals surface area contributed by atoms with Gasteiger partial charge < -0.3 is 28.2 Å². The van der Waals surface area contributed by atoms with E-state index in [4.69, 9.17) is 28.0 Å². The third kappa shape index (κ3) is 7.19. The molecule has 2 saturated heterocycles. The number of methoxy groups -OCH3 is 1. The molecule has 0 bridgehead atoms. The molecule has 18 heteroatoms. The second kappa shape index (κ2) is 14.4. The molecule has 4 aromatic rings. The maximum atomic E-state index is 14.8. The minimum atomic E-state index is -4.42. The summed E-state index contributed by atoms with van der Waals surface area (Å²) in [6.45, 7) is 3.10. The van der Waals surface area contributed by atoms with Crippen molar-refractivity contribution in [3.05, 3.63) is 55.1 Å². The van der Waals surface area contributed by atoms with Crippen molar-refractivity contribution in [2.24, 2.45) is 0 Å². The fraction of sp³-hybridized carbons (Fsp3) is 0.455. The van der Waals surface area contributed by atoms with Gasteiger partial charge in [0.05, 0.1) is 19.5 Å². The number of nitrogens with zero attached hydrogens (tertiary/aromatic N) is 4. The molecule has 2 aromatic carbocycles. The van der Waals surface area contributed by atoms with Crippen molar-refractivity contribution in [3.63, 3.8) is 0 Å². The number of aromatic nitrogens is 4. The van der Waals surface area contributed by atoms with E-state index in [0.29, 0.717) is 5.39 Å². The van der Waals surface area contributed by atoms with Crippen molar-refractivity contribution in [1.29, 1.82) is 0 Å². The molecule has 7 atom stereocenters. The van der Waals surface area contributed by atoms with E-state index in [1.54, 1.807) is 19.1 Å². The molecular weight excluding hydrogens is 687 g/mol. The summed E-state index contributed by atoms with van der Waals surface area (Å²) in [5.74, 6) is -0.254. The Kier molecular flexibility index (Phi) is 9.79. The number of imidazole rings is 1. The van der Waals surface area contributed by atoms with Gasteiger partial charge in [0.1, 0.15) is 30.3 Å². The topological polar surface area (TPSA) is 201 Å². The fourth-order valence-corrected chi connectivity index (χ4v) is 8.27. The van der Waals surface area contributed by atoms with Crippen LogP contribution in [0, 0.1) is 0 Å². The van der Waals surface area contributed by atoms with Gasteiger partial charge in [-0.05, 0) is 51.0 Å². The fourth-order valence-electron chi connectivity index (χ4n) is 6.55. The van der Waals surface area contributed by atoms with Gasteiger partial charge >= 0.3 is 26.0 Å². The standard InChI is InChI=1S/C33H37N6O11P/c1-18(31(40)45-21-12-5-4-6-13-21)38-51(43,50-23-15-9-11-20-10-7-8-14-22(20)23)49-19(2)25-26-27(48-33(42)47-26)30(46-25)39-17-36-24-28(37-32(41)44-3)34-16-35-29(24)39/h7-11,14-19,21,25-27,30H,4-6,12-13H2,1-3H3,(H,38,43)(H,34,35,37,41)/t18?,19?,25-,26?,27?,30-,51?/m1/s1. The van der Waals surface area contributed by atoms with Crippen LogP contribution < -0.4 is 14.9 Å². The van der Waals surface area contributed by atoms with Crippen molar-refractivity contribution < 1.29 is 51.7 Å². The highest BCUT2D eigenvalue weighted by Crippen LogP contribution is 2.50. The SMILES string of the molecule is COC(=O)Nc1ncnc2c1ncn2[C@@H]1O[C@H](C(C)OP(=O)(NC(C)C(=O)OC2CCCCC2)Oc2cccc3ccccc23)C2OC(=O)OC21. The number of carbonyl (C=O) groups is 3. The minimum absolute atomic E-state index is 0.0850. The molecule has 1 saturated carbocycles. The molecule has 3 aliphatic rings. The Morgan fingerprint density at radius 1 is 1.00 bits per heavy atom. The van der Waals surface area contributed by atoms with Crippen molar-refractivity contribution in [1.82, 2.24) is 24.6 Å². The van der Waals surface area contributed by atoms with Crippen molar-refractivity contribution >= 4 is 53.7 Å². The van der Waals surface area contributed by atoms with Crippen molar-refractivity contribution in [2.75, 3.05) is 12.4 Å². The van der Waals surface area contributed by atoms with Gasteiger partial charge in [0, 0.05) is 5.39 Å². The van der Waals surface area contributed by atoms with Gasteiger partial charge in [-0.15, -0.1) is 0 Å². The number of anilines is 1. The number of ether oxygens (including phenoxy) is 5. The number of benzene rings is 2. The van der Waals surface area contributed by atoms with E-state index in [-0.39, 0.29) is 28.8 Å². The first-order chi connectivity index (χ1) is 24.6. The number of hydrogen-bond acceptors (Lipinski definition) is 14. The lowest BCUT2D eigenvalue weighted by Gasteiger charge is -2.30. The highest BCUT2D eigenvalue weighted by Gasteiger charge is 2.58. The predicted octanol–water partition coefficient (Wildman–Crippen LogP) is 5.41. The Hall–Kier alpha value is -4.83. The number of hydrogen-bond donors (Lipinski definition) is 2. The molecule has 0 radical (unpaired) electrons. The first kappa shape index (κ1) is 34.6. The van der Waals surface area contributed by atoms with Crippen LogP contribution >= 0.6 is 7.75 Å². The number of nitrogens with one attached hydrogen (secondary N) is 2. The van der Waals surface area contributed by atoms with Crippen molar-refractivity contribution in [2.45, 2.75) is 88.7 Å². The van der Waals surface area contributed by atoms with Gasteiger partial charge in [0.15, 0.2) is 35.4 Å². The van der Waals surface area contributed by atoms with E-state index in [9.17, 15) is 18.9 Å². The van der Waals surface area contributed by atoms with Gasteiger partial charge in [0.25, 0.3) is 0 Å². The lowest BCUT2D eigenvalue weighted by atomic mass is 9.98. The minimum Gasteiger partial charge on any atom is -0.461 e. The third-order valence-corrected chi connectivity index (χ3v) is 10.8. The zero-order valence-corrected chi connectivity index (χ0v) is 28.9. The number of amides is 1. The Balaban J connectivity index is 1.16. The van der Waals surface area contributed by atoms with Crippen LogP contribution in [0.3, 0.4) is 0 Å². The number of carbonyl (C=O) groups excluding carboxylic acids is 3. The maximum Gasteiger partial charge on any atom is 0.509 e. The summed E-state index contributed by atoms with van der Waals surface area (Å²) < 4.78 is 56.4. The Bertz CT molecular complexity index is 1980. The molecule has 270 valence electrons. The van der Waals surface area contributed by atoms with Gasteiger partial charge in [0.2, 0.25) is 0 Å². The molecule has 2 aliphatic heterocycles. The molecule has 4 heterocycles. The van der Waals surface area contributed by atoms with Crippen LogP contribution in [0.5, 0.6) is 5.75 Å². The largest absolute Gasteiger partial charge is 0.509 e. The highest BCUT2D eigenvalue weighted by molar-refractivity contribution is 7.52. The summed E-state index contributed by atoms with van der Waals surface area (Å²) in [5, 5.41) is 6.75. The third-order valence-electron chi connectivity index (χ3n) is 9.00. The van der Waals surface area contributed by atoms with Crippen LogP contribution in [-0.4, -0.2) is 81.4 Å². The van der Waals surface area contributed by atoms with Gasteiger partial charge in [-0.2, -0.15) is 5.09 Å². The van der Waals surface area contributed by atoms with Crippen LogP contribution in [0.1, 0.15) is 52.2 Å². The molecule has 17 nitrogen and oxygen atoms in total. The normalized spacial score (nSPS) is 24.2. The summed E-state index contributed by atoms with van der Waals surface area (Å²) in [6, 6.07) is 11.6. The van der Waals surface area contributed by atoms with E-state index in [1.165, 1.54) is 31.3 Å².